The number of benzene rings is 1. The van der Waals surface area contributed by atoms with Crippen LogP contribution in [-0.4, -0.2) is 28.7 Å². The minimum atomic E-state index is 0.148. The second-order valence-corrected chi connectivity index (χ2v) is 5.41. The van der Waals surface area contributed by atoms with Crippen molar-refractivity contribution in [1.29, 1.82) is 5.26 Å². The molecule has 1 aromatic carbocycles. The Balaban J connectivity index is 2.17. The summed E-state index contributed by atoms with van der Waals surface area (Å²) in [5.74, 6) is 0. The van der Waals surface area contributed by atoms with E-state index in [0.717, 1.165) is 17.7 Å². The topological polar surface area (TPSA) is 47.3 Å². The van der Waals surface area contributed by atoms with Gasteiger partial charge in [-0.3, -0.25) is 4.90 Å². The predicted molar refractivity (Wildman–Crippen MR) is 75.5 cm³/mol. The first-order valence-electron chi connectivity index (χ1n) is 7.11. The highest BCUT2D eigenvalue weighted by Gasteiger charge is 2.26. The molecule has 3 nitrogen and oxygen atoms in total. The zero-order chi connectivity index (χ0) is 13.7. The molecule has 1 aliphatic carbocycles. The van der Waals surface area contributed by atoms with E-state index in [0.29, 0.717) is 6.04 Å². The average molecular weight is 258 g/mol. The Morgan fingerprint density at radius 3 is 2.68 bits per heavy atom. The summed E-state index contributed by atoms with van der Waals surface area (Å²) in [5, 5.41) is 18.6. The summed E-state index contributed by atoms with van der Waals surface area (Å²) < 4.78 is 0. The summed E-state index contributed by atoms with van der Waals surface area (Å²) in [6.45, 7) is 2.99. The van der Waals surface area contributed by atoms with E-state index >= 15 is 0 Å². The lowest BCUT2D eigenvalue weighted by molar-refractivity contribution is 0.0874. The van der Waals surface area contributed by atoms with Crippen LogP contribution in [0.1, 0.15) is 43.7 Å². The van der Waals surface area contributed by atoms with E-state index in [4.69, 9.17) is 0 Å². The monoisotopic (exact) mass is 258 g/mol. The fraction of sp³-hybridized carbons (Fsp3) is 0.562. The van der Waals surface area contributed by atoms with Gasteiger partial charge in [0.15, 0.2) is 0 Å². The molecule has 0 unspecified atom stereocenters. The third kappa shape index (κ3) is 3.34. The summed E-state index contributed by atoms with van der Waals surface area (Å²) >= 11 is 0. The molecule has 0 spiro atoms. The molecule has 1 saturated carbocycles. The summed E-state index contributed by atoms with van der Waals surface area (Å²) in [4.78, 5) is 2.36. The number of aliphatic hydroxyl groups is 1. The van der Waals surface area contributed by atoms with Gasteiger partial charge in [-0.2, -0.15) is 5.26 Å². The molecule has 0 aliphatic heterocycles. The van der Waals surface area contributed by atoms with Crippen molar-refractivity contribution < 1.29 is 5.11 Å². The van der Waals surface area contributed by atoms with Crippen LogP contribution in [0.5, 0.6) is 0 Å². The van der Waals surface area contributed by atoms with Gasteiger partial charge < -0.3 is 5.11 Å². The van der Waals surface area contributed by atoms with E-state index in [-0.39, 0.29) is 12.6 Å². The number of hydrogen-bond donors (Lipinski definition) is 1. The van der Waals surface area contributed by atoms with Gasteiger partial charge in [0.05, 0.1) is 18.2 Å². The van der Waals surface area contributed by atoms with Crippen LogP contribution < -0.4 is 0 Å². The molecule has 0 aromatic heterocycles. The number of hydrogen-bond acceptors (Lipinski definition) is 3. The van der Waals surface area contributed by atoms with Gasteiger partial charge in [-0.1, -0.05) is 31.0 Å². The summed E-state index contributed by atoms with van der Waals surface area (Å²) in [7, 11) is 0. The summed E-state index contributed by atoms with van der Waals surface area (Å²) in [6.07, 6.45) is 4.97. The molecule has 19 heavy (non-hydrogen) atoms. The predicted octanol–water partition coefficient (Wildman–Crippen LogP) is 2.68. The highest BCUT2D eigenvalue weighted by molar-refractivity contribution is 5.37. The van der Waals surface area contributed by atoms with Crippen molar-refractivity contribution in [3.05, 3.63) is 35.4 Å². The quantitative estimate of drug-likeness (QED) is 0.883. The van der Waals surface area contributed by atoms with Crippen LogP contribution >= 0.6 is 0 Å². The van der Waals surface area contributed by atoms with Crippen LogP contribution in [0.3, 0.4) is 0 Å². The molecule has 1 atom stereocenters. The molecular weight excluding hydrogens is 236 g/mol. The van der Waals surface area contributed by atoms with Crippen molar-refractivity contribution in [2.75, 3.05) is 6.61 Å². The molecular formula is C16H22N2O. The zero-order valence-corrected chi connectivity index (χ0v) is 11.5. The van der Waals surface area contributed by atoms with E-state index in [1.165, 1.54) is 25.7 Å². The van der Waals surface area contributed by atoms with Crippen LogP contribution in [0, 0.1) is 11.3 Å². The van der Waals surface area contributed by atoms with Crippen LogP contribution in [-0.2, 0) is 6.54 Å². The number of nitriles is 1. The fourth-order valence-electron chi connectivity index (χ4n) is 2.95. The Bertz CT molecular complexity index is 446. The fourth-order valence-corrected chi connectivity index (χ4v) is 2.95. The van der Waals surface area contributed by atoms with E-state index in [2.05, 4.69) is 17.9 Å². The normalized spacial score (nSPS) is 17.6. The molecule has 1 N–H and O–H groups in total. The Hall–Kier alpha value is -1.37. The third-order valence-electron chi connectivity index (χ3n) is 4.11. The maximum absolute atomic E-state index is 9.46. The minimum Gasteiger partial charge on any atom is -0.395 e. The molecule has 3 heteroatoms. The molecule has 0 amide bonds. The molecule has 1 aliphatic rings. The smallest absolute Gasteiger partial charge is 0.0995 e. The highest BCUT2D eigenvalue weighted by atomic mass is 16.3. The van der Waals surface area contributed by atoms with E-state index in [9.17, 15) is 10.4 Å². The van der Waals surface area contributed by atoms with Crippen molar-refractivity contribution in [1.82, 2.24) is 4.90 Å². The van der Waals surface area contributed by atoms with E-state index in [1.54, 1.807) is 0 Å². The van der Waals surface area contributed by atoms with Crippen molar-refractivity contribution >= 4 is 0 Å². The second kappa shape index (κ2) is 6.70. The van der Waals surface area contributed by atoms with Gasteiger partial charge in [0, 0.05) is 18.6 Å². The first-order chi connectivity index (χ1) is 9.26. The van der Waals surface area contributed by atoms with Gasteiger partial charge in [0.2, 0.25) is 0 Å². The van der Waals surface area contributed by atoms with Crippen LogP contribution in [0.4, 0.5) is 0 Å². The lowest BCUT2D eigenvalue weighted by Gasteiger charge is -2.33. The van der Waals surface area contributed by atoms with Gasteiger partial charge in [-0.25, -0.2) is 0 Å². The maximum atomic E-state index is 9.46. The van der Waals surface area contributed by atoms with Crippen LogP contribution in [0.2, 0.25) is 0 Å². The molecule has 0 saturated heterocycles. The summed E-state index contributed by atoms with van der Waals surface area (Å²) in [6, 6.07) is 10.7. The van der Waals surface area contributed by atoms with E-state index < -0.39 is 0 Å². The number of aliphatic hydroxyl groups excluding tert-OH is 1. The Labute approximate surface area is 115 Å². The Morgan fingerprint density at radius 1 is 1.37 bits per heavy atom. The lowest BCUT2D eigenvalue weighted by atomic mass is 10.0. The van der Waals surface area contributed by atoms with Crippen molar-refractivity contribution in [3.8, 4) is 6.07 Å². The van der Waals surface area contributed by atoms with Crippen molar-refractivity contribution in [3.63, 3.8) is 0 Å². The SMILES string of the molecule is C[C@H](CO)N(Cc1ccccc1C#N)C1CCCC1. The Morgan fingerprint density at radius 2 is 2.05 bits per heavy atom. The van der Waals surface area contributed by atoms with Gasteiger partial charge in [-0.05, 0) is 31.4 Å². The van der Waals surface area contributed by atoms with Gasteiger partial charge in [-0.15, -0.1) is 0 Å². The maximum Gasteiger partial charge on any atom is 0.0995 e. The van der Waals surface area contributed by atoms with Crippen molar-refractivity contribution in [2.24, 2.45) is 0 Å². The second-order valence-electron chi connectivity index (χ2n) is 5.41. The molecule has 0 heterocycles. The highest BCUT2D eigenvalue weighted by Crippen LogP contribution is 2.27. The lowest BCUT2D eigenvalue weighted by Crippen LogP contribution is -2.41. The molecule has 102 valence electrons. The molecule has 1 fully saturated rings. The minimum absolute atomic E-state index is 0.148. The summed E-state index contributed by atoms with van der Waals surface area (Å²) in [5.41, 5.74) is 1.81. The first-order valence-corrected chi connectivity index (χ1v) is 7.11. The third-order valence-corrected chi connectivity index (χ3v) is 4.11. The number of nitrogens with zero attached hydrogens (tertiary/aromatic N) is 2. The van der Waals surface area contributed by atoms with Crippen molar-refractivity contribution in [2.45, 2.75) is 51.2 Å². The van der Waals surface area contributed by atoms with Gasteiger partial charge in [0.25, 0.3) is 0 Å². The largest absolute Gasteiger partial charge is 0.395 e. The Kier molecular flexibility index (Phi) is 4.95. The van der Waals surface area contributed by atoms with Gasteiger partial charge in [0.1, 0.15) is 0 Å². The number of rotatable bonds is 5. The first kappa shape index (κ1) is 14.0. The molecule has 0 radical (unpaired) electrons. The van der Waals surface area contributed by atoms with Gasteiger partial charge >= 0.3 is 0 Å². The average Bonchev–Trinajstić information content (AvgIpc) is 2.98. The van der Waals surface area contributed by atoms with Crippen LogP contribution in [0.15, 0.2) is 24.3 Å². The molecule has 1 aromatic rings. The zero-order valence-electron chi connectivity index (χ0n) is 11.5. The molecule has 2 rings (SSSR count). The molecule has 0 bridgehead atoms. The van der Waals surface area contributed by atoms with E-state index in [1.807, 2.05) is 24.3 Å². The standard InChI is InChI=1S/C16H22N2O/c1-13(12-19)18(16-8-4-5-9-16)11-15-7-3-2-6-14(15)10-17/h2-3,6-7,13,16,19H,4-5,8-9,11-12H2,1H3/t13-/m1/s1. The van der Waals surface area contributed by atoms with Crippen LogP contribution in [0.25, 0.3) is 0 Å².